The second-order valence-electron chi connectivity index (χ2n) is 4.86. The minimum atomic E-state index is 0.192. The molecule has 1 aliphatic carbocycles. The molecule has 0 saturated heterocycles. The standard InChI is InChI=1S/C14H20O2/c1-3-16-13-5-4-12(11(2)8-13)9-14(10-15)6-7-14/h4-5,8,15H,3,6-7,9-10H2,1-2H3. The van der Waals surface area contributed by atoms with Crippen molar-refractivity contribution in [3.05, 3.63) is 29.3 Å². The number of aliphatic hydroxyl groups is 1. The molecule has 88 valence electrons. The Labute approximate surface area is 97.3 Å². The van der Waals surface area contributed by atoms with Crippen LogP contribution in [0, 0.1) is 12.3 Å². The quantitative estimate of drug-likeness (QED) is 0.826. The van der Waals surface area contributed by atoms with Crippen molar-refractivity contribution in [2.45, 2.75) is 33.1 Å². The lowest BCUT2D eigenvalue weighted by molar-refractivity contribution is 0.211. The van der Waals surface area contributed by atoms with Crippen LogP contribution in [0.1, 0.15) is 30.9 Å². The first-order chi connectivity index (χ1) is 7.69. The van der Waals surface area contributed by atoms with Gasteiger partial charge in [-0.3, -0.25) is 0 Å². The molecule has 1 N–H and O–H groups in total. The van der Waals surface area contributed by atoms with Crippen LogP contribution < -0.4 is 4.74 Å². The summed E-state index contributed by atoms with van der Waals surface area (Å²) < 4.78 is 5.46. The summed E-state index contributed by atoms with van der Waals surface area (Å²) in [4.78, 5) is 0. The smallest absolute Gasteiger partial charge is 0.119 e. The number of rotatable bonds is 5. The van der Waals surface area contributed by atoms with Crippen molar-refractivity contribution in [1.82, 2.24) is 0 Å². The zero-order chi connectivity index (χ0) is 11.6. The van der Waals surface area contributed by atoms with Gasteiger partial charge in [-0.25, -0.2) is 0 Å². The van der Waals surface area contributed by atoms with Gasteiger partial charge >= 0.3 is 0 Å². The van der Waals surface area contributed by atoms with Gasteiger partial charge in [0.15, 0.2) is 0 Å². The maximum absolute atomic E-state index is 9.32. The molecule has 0 radical (unpaired) electrons. The van der Waals surface area contributed by atoms with E-state index >= 15 is 0 Å². The number of aryl methyl sites for hydroxylation is 1. The largest absolute Gasteiger partial charge is 0.494 e. The van der Waals surface area contributed by atoms with Crippen molar-refractivity contribution in [3.63, 3.8) is 0 Å². The van der Waals surface area contributed by atoms with E-state index in [0.717, 1.165) is 25.0 Å². The van der Waals surface area contributed by atoms with Crippen molar-refractivity contribution in [2.24, 2.45) is 5.41 Å². The summed E-state index contributed by atoms with van der Waals surface area (Å²) in [5, 5.41) is 9.32. The molecule has 1 fully saturated rings. The Balaban J connectivity index is 2.10. The molecule has 1 saturated carbocycles. The van der Waals surface area contributed by atoms with Crippen LogP contribution in [-0.2, 0) is 6.42 Å². The van der Waals surface area contributed by atoms with Crippen LogP contribution >= 0.6 is 0 Å². The van der Waals surface area contributed by atoms with Crippen molar-refractivity contribution >= 4 is 0 Å². The highest BCUT2D eigenvalue weighted by Crippen LogP contribution is 2.48. The van der Waals surface area contributed by atoms with E-state index in [4.69, 9.17) is 4.74 Å². The van der Waals surface area contributed by atoms with Crippen molar-refractivity contribution in [2.75, 3.05) is 13.2 Å². The third-order valence-corrected chi connectivity index (χ3v) is 3.48. The summed E-state index contributed by atoms with van der Waals surface area (Å²) >= 11 is 0. The highest BCUT2D eigenvalue weighted by atomic mass is 16.5. The predicted octanol–water partition coefficient (Wildman–Crippen LogP) is 2.71. The Morgan fingerprint density at radius 1 is 1.38 bits per heavy atom. The fourth-order valence-corrected chi connectivity index (χ4v) is 2.09. The van der Waals surface area contributed by atoms with E-state index in [-0.39, 0.29) is 5.41 Å². The van der Waals surface area contributed by atoms with E-state index in [2.05, 4.69) is 19.1 Å². The fraction of sp³-hybridized carbons (Fsp3) is 0.571. The van der Waals surface area contributed by atoms with Crippen LogP contribution in [0.5, 0.6) is 5.75 Å². The summed E-state index contributed by atoms with van der Waals surface area (Å²) in [6, 6.07) is 6.25. The average Bonchev–Trinajstić information content (AvgIpc) is 3.03. The molecule has 0 heterocycles. The topological polar surface area (TPSA) is 29.5 Å². The van der Waals surface area contributed by atoms with Gasteiger partial charge in [0.2, 0.25) is 0 Å². The van der Waals surface area contributed by atoms with Gasteiger partial charge in [-0.15, -0.1) is 0 Å². The van der Waals surface area contributed by atoms with Gasteiger partial charge in [-0.2, -0.15) is 0 Å². The first kappa shape index (κ1) is 11.5. The van der Waals surface area contributed by atoms with Gasteiger partial charge < -0.3 is 9.84 Å². The molecule has 0 aromatic heterocycles. The van der Waals surface area contributed by atoms with E-state index in [9.17, 15) is 5.11 Å². The molecule has 1 aromatic rings. The fourth-order valence-electron chi connectivity index (χ4n) is 2.09. The second-order valence-corrected chi connectivity index (χ2v) is 4.86. The highest BCUT2D eigenvalue weighted by Gasteiger charge is 2.41. The van der Waals surface area contributed by atoms with Gasteiger partial charge in [0.25, 0.3) is 0 Å². The molecule has 2 rings (SSSR count). The summed E-state index contributed by atoms with van der Waals surface area (Å²) in [7, 11) is 0. The van der Waals surface area contributed by atoms with Crippen LogP contribution in [0.15, 0.2) is 18.2 Å². The summed E-state index contributed by atoms with van der Waals surface area (Å²) in [6.07, 6.45) is 3.33. The predicted molar refractivity (Wildman–Crippen MR) is 64.8 cm³/mol. The van der Waals surface area contributed by atoms with E-state index in [1.165, 1.54) is 11.1 Å². The van der Waals surface area contributed by atoms with Crippen LogP contribution in [0.4, 0.5) is 0 Å². The summed E-state index contributed by atoms with van der Waals surface area (Å²) in [5.41, 5.74) is 2.80. The maximum atomic E-state index is 9.32. The molecule has 2 nitrogen and oxygen atoms in total. The first-order valence-corrected chi connectivity index (χ1v) is 6.02. The molecule has 0 bridgehead atoms. The first-order valence-electron chi connectivity index (χ1n) is 6.02. The molecule has 0 unspecified atom stereocenters. The molecule has 0 aliphatic heterocycles. The van der Waals surface area contributed by atoms with Crippen molar-refractivity contribution in [3.8, 4) is 5.75 Å². The van der Waals surface area contributed by atoms with E-state index in [1.54, 1.807) is 0 Å². The molecule has 1 aliphatic rings. The Hall–Kier alpha value is -1.02. The Bertz CT molecular complexity index is 367. The van der Waals surface area contributed by atoms with Gasteiger partial charge in [0.1, 0.15) is 5.75 Å². The molecule has 16 heavy (non-hydrogen) atoms. The lowest BCUT2D eigenvalue weighted by Crippen LogP contribution is -2.11. The summed E-state index contributed by atoms with van der Waals surface area (Å²) in [5.74, 6) is 0.942. The number of ether oxygens (including phenoxy) is 1. The van der Waals surface area contributed by atoms with Crippen LogP contribution in [0.3, 0.4) is 0 Å². The van der Waals surface area contributed by atoms with Crippen molar-refractivity contribution in [1.29, 1.82) is 0 Å². The zero-order valence-electron chi connectivity index (χ0n) is 10.1. The van der Waals surface area contributed by atoms with E-state index < -0.39 is 0 Å². The third-order valence-electron chi connectivity index (χ3n) is 3.48. The molecular weight excluding hydrogens is 200 g/mol. The monoisotopic (exact) mass is 220 g/mol. The molecule has 1 aromatic carbocycles. The van der Waals surface area contributed by atoms with Gasteiger partial charge in [-0.05, 0) is 61.8 Å². The Morgan fingerprint density at radius 3 is 2.62 bits per heavy atom. The van der Waals surface area contributed by atoms with Gasteiger partial charge in [0.05, 0.1) is 6.61 Å². The van der Waals surface area contributed by atoms with Gasteiger partial charge in [-0.1, -0.05) is 6.07 Å². The molecule has 0 spiro atoms. The molecular formula is C14H20O2. The lowest BCUT2D eigenvalue weighted by Gasteiger charge is -2.14. The third kappa shape index (κ3) is 2.38. The van der Waals surface area contributed by atoms with Crippen LogP contribution in [0.25, 0.3) is 0 Å². The summed E-state index contributed by atoms with van der Waals surface area (Å²) in [6.45, 7) is 5.14. The van der Waals surface area contributed by atoms with Crippen molar-refractivity contribution < 1.29 is 9.84 Å². The number of hydrogen-bond acceptors (Lipinski definition) is 2. The normalized spacial score (nSPS) is 17.2. The molecule has 0 atom stereocenters. The van der Waals surface area contributed by atoms with Gasteiger partial charge in [0, 0.05) is 6.61 Å². The van der Waals surface area contributed by atoms with E-state index in [0.29, 0.717) is 13.2 Å². The minimum Gasteiger partial charge on any atom is -0.494 e. The molecule has 0 amide bonds. The van der Waals surface area contributed by atoms with E-state index in [1.807, 2.05) is 13.0 Å². The highest BCUT2D eigenvalue weighted by molar-refractivity contribution is 5.36. The Morgan fingerprint density at radius 2 is 2.12 bits per heavy atom. The molecule has 2 heteroatoms. The lowest BCUT2D eigenvalue weighted by atomic mass is 9.94. The number of benzene rings is 1. The Kier molecular flexibility index (Phi) is 3.20. The average molecular weight is 220 g/mol. The minimum absolute atomic E-state index is 0.192. The zero-order valence-corrected chi connectivity index (χ0v) is 10.1. The SMILES string of the molecule is CCOc1ccc(CC2(CO)CC2)c(C)c1. The van der Waals surface area contributed by atoms with Crippen LogP contribution in [0.2, 0.25) is 0 Å². The number of aliphatic hydroxyl groups excluding tert-OH is 1. The second kappa shape index (κ2) is 4.46. The van der Waals surface area contributed by atoms with Crippen LogP contribution in [-0.4, -0.2) is 18.3 Å². The maximum Gasteiger partial charge on any atom is 0.119 e. The number of hydrogen-bond donors (Lipinski definition) is 1.